The van der Waals surface area contributed by atoms with E-state index in [1.54, 1.807) is 23.1 Å². The van der Waals surface area contributed by atoms with Gasteiger partial charge in [0.25, 0.3) is 5.91 Å². The molecule has 2 amide bonds. The van der Waals surface area contributed by atoms with Crippen LogP contribution in [-0.4, -0.2) is 72.7 Å². The predicted octanol–water partition coefficient (Wildman–Crippen LogP) is 1.82. The highest BCUT2D eigenvalue weighted by Crippen LogP contribution is 2.37. The lowest BCUT2D eigenvalue weighted by molar-refractivity contribution is -0.117. The van der Waals surface area contributed by atoms with Gasteiger partial charge in [0, 0.05) is 24.9 Å². The topological polar surface area (TPSA) is 82.1 Å². The number of nitrogens with zero attached hydrogens (tertiary/aromatic N) is 2. The van der Waals surface area contributed by atoms with Gasteiger partial charge in [0.2, 0.25) is 5.91 Å². The molecule has 28 heavy (non-hydrogen) atoms. The Morgan fingerprint density at radius 2 is 2.11 bits per heavy atom. The van der Waals surface area contributed by atoms with Crippen molar-refractivity contribution < 1.29 is 19.4 Å². The summed E-state index contributed by atoms with van der Waals surface area (Å²) in [5.41, 5.74) is 0.960. The van der Waals surface area contributed by atoms with Crippen molar-refractivity contribution in [3.8, 4) is 5.75 Å². The molecule has 1 aromatic rings. The Morgan fingerprint density at radius 3 is 2.71 bits per heavy atom. The zero-order valence-corrected chi connectivity index (χ0v) is 17.1. The number of likely N-dealkylation sites (N-methyl/N-ethyl adjacent to an activating group) is 1. The Kier molecular flexibility index (Phi) is 6.25. The molecule has 3 atom stereocenters. The molecule has 3 rings (SSSR count). The lowest BCUT2D eigenvalue weighted by Gasteiger charge is -2.38. The minimum Gasteiger partial charge on any atom is -0.486 e. The standard InChI is InChI=1S/C21H31N3O4/c1-13-10-24(14(2)12-25)21(27)16-6-5-7-17(22-20(26)15-8-9-15)19(16)28-18(13)11-23(3)4/h5-7,13-15,18,25H,8-12H2,1-4H3,(H,22,26)/t13-,14-,18-/m1/s1. The number of amides is 2. The van der Waals surface area contributed by atoms with Crippen LogP contribution in [0.2, 0.25) is 0 Å². The van der Waals surface area contributed by atoms with E-state index < -0.39 is 0 Å². The van der Waals surface area contributed by atoms with Crippen molar-refractivity contribution in [3.05, 3.63) is 23.8 Å². The Labute approximate surface area is 166 Å². The third kappa shape index (κ3) is 4.47. The van der Waals surface area contributed by atoms with Gasteiger partial charge in [-0.15, -0.1) is 0 Å². The van der Waals surface area contributed by atoms with Gasteiger partial charge >= 0.3 is 0 Å². The number of ether oxygens (including phenoxy) is 1. The van der Waals surface area contributed by atoms with Crippen LogP contribution >= 0.6 is 0 Å². The molecular formula is C21H31N3O4. The molecule has 7 heteroatoms. The maximum atomic E-state index is 13.3. The predicted molar refractivity (Wildman–Crippen MR) is 108 cm³/mol. The molecule has 2 N–H and O–H groups in total. The van der Waals surface area contributed by atoms with Gasteiger partial charge in [0.05, 0.1) is 23.9 Å². The Hall–Kier alpha value is -2.12. The Morgan fingerprint density at radius 1 is 1.39 bits per heavy atom. The Bertz CT molecular complexity index is 732. The van der Waals surface area contributed by atoms with E-state index >= 15 is 0 Å². The Balaban J connectivity index is 2.02. The highest BCUT2D eigenvalue weighted by molar-refractivity contribution is 6.02. The second-order valence-corrected chi connectivity index (χ2v) is 8.33. The summed E-state index contributed by atoms with van der Waals surface area (Å²) in [5, 5.41) is 12.6. The average molecular weight is 389 g/mol. The van der Waals surface area contributed by atoms with Crippen LogP contribution in [0.15, 0.2) is 18.2 Å². The molecule has 0 saturated heterocycles. The second kappa shape index (κ2) is 8.49. The van der Waals surface area contributed by atoms with Crippen molar-refractivity contribution in [3.63, 3.8) is 0 Å². The van der Waals surface area contributed by atoms with E-state index in [4.69, 9.17) is 4.74 Å². The van der Waals surface area contributed by atoms with Crippen molar-refractivity contribution >= 4 is 17.5 Å². The van der Waals surface area contributed by atoms with Gasteiger partial charge in [0.15, 0.2) is 5.75 Å². The summed E-state index contributed by atoms with van der Waals surface area (Å²) in [6, 6.07) is 4.97. The van der Waals surface area contributed by atoms with Crippen LogP contribution in [0.5, 0.6) is 5.75 Å². The van der Waals surface area contributed by atoms with E-state index in [2.05, 4.69) is 17.1 Å². The molecule has 0 bridgehead atoms. The van der Waals surface area contributed by atoms with E-state index in [0.29, 0.717) is 30.1 Å². The number of hydrogen-bond donors (Lipinski definition) is 2. The van der Waals surface area contributed by atoms with Gasteiger partial charge in [-0.3, -0.25) is 9.59 Å². The maximum absolute atomic E-state index is 13.3. The summed E-state index contributed by atoms with van der Waals surface area (Å²) in [5.74, 6) is 0.330. The summed E-state index contributed by atoms with van der Waals surface area (Å²) >= 11 is 0. The number of rotatable bonds is 6. The molecule has 2 aliphatic rings. The monoisotopic (exact) mass is 389 g/mol. The smallest absolute Gasteiger partial charge is 0.258 e. The molecule has 1 aliphatic carbocycles. The molecule has 0 unspecified atom stereocenters. The first-order valence-electron chi connectivity index (χ1n) is 9.98. The molecule has 1 aliphatic heterocycles. The molecule has 7 nitrogen and oxygen atoms in total. The number of benzene rings is 1. The minimum absolute atomic E-state index is 0.0238. The SMILES string of the molecule is C[C@@H]1CN([C@H](C)CO)C(=O)c2cccc(NC(=O)C3CC3)c2O[C@@H]1CN(C)C. The highest BCUT2D eigenvalue weighted by Gasteiger charge is 2.35. The first-order chi connectivity index (χ1) is 13.3. The number of nitrogens with one attached hydrogen (secondary N) is 1. The first-order valence-corrected chi connectivity index (χ1v) is 9.98. The molecule has 0 aromatic heterocycles. The van der Waals surface area contributed by atoms with E-state index in [0.717, 1.165) is 12.8 Å². The van der Waals surface area contributed by atoms with Crippen molar-refractivity contribution in [1.82, 2.24) is 9.80 Å². The molecule has 1 heterocycles. The molecule has 1 aromatic carbocycles. The van der Waals surface area contributed by atoms with E-state index in [9.17, 15) is 14.7 Å². The lowest BCUT2D eigenvalue weighted by atomic mass is 9.99. The molecule has 0 spiro atoms. The number of carbonyl (C=O) groups is 2. The fourth-order valence-electron chi connectivity index (χ4n) is 3.50. The zero-order chi connectivity index (χ0) is 20.4. The van der Waals surface area contributed by atoms with Gasteiger partial charge in [-0.1, -0.05) is 13.0 Å². The van der Waals surface area contributed by atoms with Crippen LogP contribution in [-0.2, 0) is 4.79 Å². The largest absolute Gasteiger partial charge is 0.486 e. The molecule has 1 saturated carbocycles. The van der Waals surface area contributed by atoms with E-state index in [-0.39, 0.29) is 42.4 Å². The van der Waals surface area contributed by atoms with Gasteiger partial charge in [-0.05, 0) is 46.0 Å². The van der Waals surface area contributed by atoms with Crippen molar-refractivity contribution in [2.45, 2.75) is 38.8 Å². The van der Waals surface area contributed by atoms with Gasteiger partial charge < -0.3 is 25.0 Å². The van der Waals surface area contributed by atoms with Crippen LogP contribution in [0.3, 0.4) is 0 Å². The summed E-state index contributed by atoms with van der Waals surface area (Å²) in [7, 11) is 3.96. The number of para-hydroxylation sites is 1. The van der Waals surface area contributed by atoms with E-state index in [1.807, 2.05) is 21.0 Å². The molecule has 1 fully saturated rings. The third-order valence-corrected chi connectivity index (χ3v) is 5.44. The van der Waals surface area contributed by atoms with Crippen LogP contribution in [0, 0.1) is 11.8 Å². The van der Waals surface area contributed by atoms with E-state index in [1.165, 1.54) is 0 Å². The summed E-state index contributed by atoms with van der Waals surface area (Å²) in [6.45, 7) is 4.96. The summed E-state index contributed by atoms with van der Waals surface area (Å²) in [6.07, 6.45) is 1.65. The molecule has 154 valence electrons. The first kappa shape index (κ1) is 20.6. The molecule has 0 radical (unpaired) electrons. The fourth-order valence-corrected chi connectivity index (χ4v) is 3.50. The van der Waals surface area contributed by atoms with Crippen molar-refractivity contribution in [2.75, 3.05) is 39.1 Å². The van der Waals surface area contributed by atoms with Crippen LogP contribution in [0.1, 0.15) is 37.0 Å². The number of aliphatic hydroxyl groups excluding tert-OH is 1. The van der Waals surface area contributed by atoms with Crippen molar-refractivity contribution in [1.29, 1.82) is 0 Å². The normalized spacial score (nSPS) is 23.5. The van der Waals surface area contributed by atoms with Crippen LogP contribution in [0.4, 0.5) is 5.69 Å². The average Bonchev–Trinajstić information content (AvgIpc) is 3.49. The zero-order valence-electron chi connectivity index (χ0n) is 17.1. The van der Waals surface area contributed by atoms with Crippen LogP contribution in [0.25, 0.3) is 0 Å². The van der Waals surface area contributed by atoms with Gasteiger partial charge in [0.1, 0.15) is 6.10 Å². The van der Waals surface area contributed by atoms with Crippen molar-refractivity contribution in [2.24, 2.45) is 11.8 Å². The number of hydrogen-bond acceptors (Lipinski definition) is 5. The maximum Gasteiger partial charge on any atom is 0.258 e. The number of fused-ring (bicyclic) bond motifs is 1. The van der Waals surface area contributed by atoms with Gasteiger partial charge in [-0.25, -0.2) is 0 Å². The van der Waals surface area contributed by atoms with Crippen LogP contribution < -0.4 is 10.1 Å². The number of anilines is 1. The second-order valence-electron chi connectivity index (χ2n) is 8.33. The fraction of sp³-hybridized carbons (Fsp3) is 0.619. The summed E-state index contributed by atoms with van der Waals surface area (Å²) in [4.78, 5) is 29.4. The lowest BCUT2D eigenvalue weighted by Crippen LogP contribution is -2.49. The minimum atomic E-state index is -0.300. The summed E-state index contributed by atoms with van der Waals surface area (Å²) < 4.78 is 6.36. The molecular weight excluding hydrogens is 358 g/mol. The quantitative estimate of drug-likeness (QED) is 0.776. The number of carbonyl (C=O) groups excluding carboxylic acids is 2. The third-order valence-electron chi connectivity index (χ3n) is 5.44. The van der Waals surface area contributed by atoms with Gasteiger partial charge in [-0.2, -0.15) is 0 Å². The highest BCUT2D eigenvalue weighted by atomic mass is 16.5. The number of aliphatic hydroxyl groups is 1.